The number of carbonyl (C=O) groups excluding carboxylic acids is 1. The molecule has 2 aromatic carbocycles. The van der Waals surface area contributed by atoms with Gasteiger partial charge in [0.1, 0.15) is 5.01 Å². The van der Waals surface area contributed by atoms with Crippen molar-refractivity contribution in [1.29, 1.82) is 0 Å². The maximum absolute atomic E-state index is 13.4. The second-order valence-electron chi connectivity index (χ2n) is 7.70. The molecule has 11 heteroatoms. The average molecular weight is 493 g/mol. The third kappa shape index (κ3) is 4.94. The van der Waals surface area contributed by atoms with E-state index in [1.54, 1.807) is 12.1 Å². The molecule has 1 aliphatic rings. The molecule has 1 N–H and O–H groups in total. The molecule has 33 heavy (non-hydrogen) atoms. The van der Waals surface area contributed by atoms with Gasteiger partial charge in [0.25, 0.3) is 5.91 Å². The number of anilines is 1. The Hall–Kier alpha value is -2.76. The van der Waals surface area contributed by atoms with Crippen LogP contribution in [0, 0.1) is 11.6 Å². The first-order valence-corrected chi connectivity index (χ1v) is 12.8. The number of sulfonamides is 1. The monoisotopic (exact) mass is 492 g/mol. The predicted molar refractivity (Wildman–Crippen MR) is 121 cm³/mol. The molecule has 1 amide bonds. The van der Waals surface area contributed by atoms with Gasteiger partial charge in [-0.3, -0.25) is 4.79 Å². The van der Waals surface area contributed by atoms with E-state index in [9.17, 15) is 22.0 Å². The number of aryl methyl sites for hydroxylation is 1. The quantitative estimate of drug-likeness (QED) is 0.523. The van der Waals surface area contributed by atoms with Crippen molar-refractivity contribution >= 4 is 33.0 Å². The fourth-order valence-electron chi connectivity index (χ4n) is 3.75. The Balaban J connectivity index is 1.51. The van der Waals surface area contributed by atoms with Gasteiger partial charge in [-0.15, -0.1) is 10.2 Å². The summed E-state index contributed by atoms with van der Waals surface area (Å²) in [7, 11) is -3.74. The van der Waals surface area contributed by atoms with E-state index in [2.05, 4.69) is 22.4 Å². The zero-order valence-electron chi connectivity index (χ0n) is 17.8. The van der Waals surface area contributed by atoms with Gasteiger partial charge >= 0.3 is 0 Å². The highest BCUT2D eigenvalue weighted by Gasteiger charge is 2.38. The van der Waals surface area contributed by atoms with Gasteiger partial charge in [0.2, 0.25) is 15.0 Å². The van der Waals surface area contributed by atoms with Crippen LogP contribution in [0.15, 0.2) is 47.4 Å². The number of amides is 1. The molecule has 1 fully saturated rings. The van der Waals surface area contributed by atoms with Crippen LogP contribution in [0.4, 0.5) is 14.5 Å². The van der Waals surface area contributed by atoms with Gasteiger partial charge in [-0.05, 0) is 49.1 Å². The minimum absolute atomic E-state index is 0.00268. The molecular formula is C22H22F2N4O3S2. The summed E-state index contributed by atoms with van der Waals surface area (Å²) in [5.41, 5.74) is 1.16. The molecule has 0 bridgehead atoms. The highest BCUT2D eigenvalue weighted by Crippen LogP contribution is 2.37. The predicted octanol–water partition coefficient (Wildman–Crippen LogP) is 4.55. The Kier molecular flexibility index (Phi) is 6.82. The minimum atomic E-state index is -3.74. The molecular weight excluding hydrogens is 470 g/mol. The average Bonchev–Trinajstić information content (AvgIpc) is 3.47. The van der Waals surface area contributed by atoms with Crippen LogP contribution >= 0.6 is 11.3 Å². The maximum atomic E-state index is 13.4. The Morgan fingerprint density at radius 2 is 1.91 bits per heavy atom. The van der Waals surface area contributed by atoms with Crippen LogP contribution in [-0.2, 0) is 16.4 Å². The largest absolute Gasteiger partial charge is 0.320 e. The van der Waals surface area contributed by atoms with Crippen molar-refractivity contribution < 1.29 is 22.0 Å². The number of benzene rings is 2. The van der Waals surface area contributed by atoms with Crippen LogP contribution in [-0.4, -0.2) is 35.4 Å². The summed E-state index contributed by atoms with van der Waals surface area (Å²) in [6, 6.07) is 9.38. The van der Waals surface area contributed by atoms with Crippen LogP contribution in [0.1, 0.15) is 52.6 Å². The van der Waals surface area contributed by atoms with Crippen LogP contribution in [0.2, 0.25) is 0 Å². The molecule has 0 spiro atoms. The van der Waals surface area contributed by atoms with Gasteiger partial charge < -0.3 is 5.32 Å². The Labute approximate surface area is 194 Å². The summed E-state index contributed by atoms with van der Waals surface area (Å²) in [4.78, 5) is 12.7. The molecule has 1 unspecified atom stereocenters. The highest BCUT2D eigenvalue weighted by atomic mass is 32.2. The number of carbonyl (C=O) groups is 1. The summed E-state index contributed by atoms with van der Waals surface area (Å²) in [5.74, 6) is -2.74. The molecule has 7 nitrogen and oxygen atoms in total. The molecule has 1 atom stereocenters. The fourth-order valence-corrected chi connectivity index (χ4v) is 6.36. The molecule has 0 radical (unpaired) electrons. The molecule has 0 aliphatic carbocycles. The second-order valence-corrected chi connectivity index (χ2v) is 10.6. The zero-order chi connectivity index (χ0) is 23.6. The van der Waals surface area contributed by atoms with E-state index in [-0.39, 0.29) is 15.6 Å². The second kappa shape index (κ2) is 9.62. The highest BCUT2D eigenvalue weighted by molar-refractivity contribution is 7.89. The van der Waals surface area contributed by atoms with Gasteiger partial charge in [-0.1, -0.05) is 36.8 Å². The van der Waals surface area contributed by atoms with Gasteiger partial charge in [-0.25, -0.2) is 17.2 Å². The van der Waals surface area contributed by atoms with E-state index in [0.29, 0.717) is 24.4 Å². The summed E-state index contributed by atoms with van der Waals surface area (Å²) in [5, 5.41) is 10.8. The Bertz CT molecular complexity index is 1260. The molecule has 174 valence electrons. The third-order valence-corrected chi connectivity index (χ3v) is 8.32. The van der Waals surface area contributed by atoms with Crippen molar-refractivity contribution in [2.45, 2.75) is 43.5 Å². The van der Waals surface area contributed by atoms with Crippen LogP contribution in [0.25, 0.3) is 0 Å². The SMILES string of the molecule is CCCc1ccc(S(=O)(=O)N2CCCC2c2nnc(C(=O)Nc3ccc(F)c(F)c3)s2)cc1. The Morgan fingerprint density at radius 1 is 1.15 bits per heavy atom. The number of nitrogens with zero attached hydrogens (tertiary/aromatic N) is 3. The van der Waals surface area contributed by atoms with E-state index in [1.165, 1.54) is 10.4 Å². The molecule has 1 aromatic heterocycles. The van der Waals surface area contributed by atoms with Crippen LogP contribution < -0.4 is 5.32 Å². The normalized spacial score (nSPS) is 16.8. The van der Waals surface area contributed by atoms with Gasteiger partial charge in [-0.2, -0.15) is 4.31 Å². The van der Waals surface area contributed by atoms with Crippen molar-refractivity contribution in [3.8, 4) is 0 Å². The minimum Gasteiger partial charge on any atom is -0.320 e. The van der Waals surface area contributed by atoms with Crippen molar-refractivity contribution in [3.05, 3.63) is 69.7 Å². The first kappa shape index (κ1) is 23.4. The van der Waals surface area contributed by atoms with Crippen LogP contribution in [0.3, 0.4) is 0 Å². The smallest absolute Gasteiger partial charge is 0.286 e. The standard InChI is InChI=1S/C22H22F2N4O3S2/c1-2-4-14-6-9-16(10-7-14)33(30,31)28-12-3-5-19(28)21-26-27-22(32-21)20(29)25-15-8-11-17(23)18(24)13-15/h6-11,13,19H,2-5,12H2,1H3,(H,25,29). The number of nitrogens with one attached hydrogen (secondary N) is 1. The molecule has 4 rings (SSSR count). The number of hydrogen-bond donors (Lipinski definition) is 1. The lowest BCUT2D eigenvalue weighted by Crippen LogP contribution is -2.30. The van der Waals surface area contributed by atoms with E-state index < -0.39 is 33.6 Å². The van der Waals surface area contributed by atoms with Gasteiger partial charge in [0.05, 0.1) is 10.9 Å². The lowest BCUT2D eigenvalue weighted by molar-refractivity contribution is 0.102. The molecule has 1 aliphatic heterocycles. The van der Waals surface area contributed by atoms with Crippen molar-refractivity contribution in [3.63, 3.8) is 0 Å². The number of aromatic nitrogens is 2. The first-order valence-electron chi connectivity index (χ1n) is 10.5. The van der Waals surface area contributed by atoms with Crippen molar-refractivity contribution in [2.24, 2.45) is 0 Å². The Morgan fingerprint density at radius 3 is 2.61 bits per heavy atom. The lowest BCUT2D eigenvalue weighted by atomic mass is 10.1. The fraction of sp³-hybridized carbons (Fsp3) is 0.318. The molecule has 2 heterocycles. The van der Waals surface area contributed by atoms with E-state index in [1.807, 2.05) is 12.1 Å². The van der Waals surface area contributed by atoms with E-state index in [4.69, 9.17) is 0 Å². The van der Waals surface area contributed by atoms with Crippen LogP contribution in [0.5, 0.6) is 0 Å². The summed E-state index contributed by atoms with van der Waals surface area (Å²) >= 11 is 0.981. The van der Waals surface area contributed by atoms with Gasteiger partial charge in [0.15, 0.2) is 11.6 Å². The third-order valence-electron chi connectivity index (χ3n) is 5.37. The summed E-state index contributed by atoms with van der Waals surface area (Å²) in [6.07, 6.45) is 3.08. The maximum Gasteiger partial charge on any atom is 0.286 e. The lowest BCUT2D eigenvalue weighted by Gasteiger charge is -2.22. The molecule has 0 saturated carbocycles. The molecule has 3 aromatic rings. The number of halogens is 2. The van der Waals surface area contributed by atoms with Gasteiger partial charge in [0, 0.05) is 18.3 Å². The van der Waals surface area contributed by atoms with E-state index in [0.717, 1.165) is 41.9 Å². The first-order chi connectivity index (χ1) is 15.8. The van der Waals surface area contributed by atoms with Crippen molar-refractivity contribution in [1.82, 2.24) is 14.5 Å². The zero-order valence-corrected chi connectivity index (χ0v) is 19.4. The summed E-state index contributed by atoms with van der Waals surface area (Å²) < 4.78 is 54.4. The van der Waals surface area contributed by atoms with Crippen molar-refractivity contribution in [2.75, 3.05) is 11.9 Å². The number of hydrogen-bond acceptors (Lipinski definition) is 6. The topological polar surface area (TPSA) is 92.3 Å². The summed E-state index contributed by atoms with van der Waals surface area (Å²) in [6.45, 7) is 2.41. The molecule has 1 saturated heterocycles. The number of rotatable bonds is 7. The van der Waals surface area contributed by atoms with E-state index >= 15 is 0 Å².